The van der Waals surface area contributed by atoms with Gasteiger partial charge in [-0.3, -0.25) is 4.79 Å². The van der Waals surface area contributed by atoms with Gasteiger partial charge >= 0.3 is 0 Å². The number of hydrogen-bond donors (Lipinski definition) is 1. The van der Waals surface area contributed by atoms with Crippen LogP contribution < -0.4 is 5.73 Å². The minimum absolute atomic E-state index is 0.181. The van der Waals surface area contributed by atoms with Crippen molar-refractivity contribution < 1.29 is 4.79 Å². The molecule has 2 N–H and O–H groups in total. The zero-order chi connectivity index (χ0) is 14.0. The fraction of sp³-hybridized carbons (Fsp3) is 0.0714. The van der Waals surface area contributed by atoms with Crippen LogP contribution in [0.15, 0.2) is 30.8 Å². The van der Waals surface area contributed by atoms with Crippen molar-refractivity contribution in [1.82, 2.24) is 9.97 Å². The van der Waals surface area contributed by atoms with Crippen molar-refractivity contribution in [3.8, 4) is 11.4 Å². The maximum absolute atomic E-state index is 11.6. The molecule has 0 radical (unpaired) electrons. The van der Waals surface area contributed by atoms with Crippen LogP contribution in [0.3, 0.4) is 0 Å². The highest BCUT2D eigenvalue weighted by atomic mass is 35.5. The minimum Gasteiger partial charge on any atom is -0.383 e. The van der Waals surface area contributed by atoms with Gasteiger partial charge in [-0.15, -0.1) is 0 Å². The molecule has 0 aliphatic carbocycles. The van der Waals surface area contributed by atoms with Gasteiger partial charge in [0.15, 0.2) is 11.6 Å². The summed E-state index contributed by atoms with van der Waals surface area (Å²) in [6, 6.07) is 7.00. The van der Waals surface area contributed by atoms with Gasteiger partial charge in [-0.05, 0) is 24.3 Å². The van der Waals surface area contributed by atoms with Crippen molar-refractivity contribution in [2.24, 2.45) is 0 Å². The monoisotopic (exact) mass is 273 g/mol. The van der Waals surface area contributed by atoms with E-state index in [-0.39, 0.29) is 17.3 Å². The molecule has 2 rings (SSSR count). The quantitative estimate of drug-likeness (QED) is 0.872. The van der Waals surface area contributed by atoms with Gasteiger partial charge in [-0.25, -0.2) is 9.97 Å². The number of aromatic nitrogens is 2. The SMILES string of the molecule is C=Cc1c(N)nc(-c2ccc(Cl)cc2)nc1C(C)=O. The molecule has 1 aromatic carbocycles. The first-order chi connectivity index (χ1) is 9.02. The Morgan fingerprint density at radius 2 is 1.95 bits per heavy atom. The highest BCUT2D eigenvalue weighted by molar-refractivity contribution is 6.30. The van der Waals surface area contributed by atoms with Crippen LogP contribution in [0.5, 0.6) is 0 Å². The summed E-state index contributed by atoms with van der Waals surface area (Å²) in [5.41, 5.74) is 7.32. The average molecular weight is 274 g/mol. The molecule has 1 aromatic heterocycles. The lowest BCUT2D eigenvalue weighted by Gasteiger charge is -2.08. The number of carbonyl (C=O) groups excluding carboxylic acids is 1. The van der Waals surface area contributed by atoms with E-state index in [1.54, 1.807) is 24.3 Å². The van der Waals surface area contributed by atoms with E-state index in [1.165, 1.54) is 13.0 Å². The molecule has 4 nitrogen and oxygen atoms in total. The number of rotatable bonds is 3. The van der Waals surface area contributed by atoms with Gasteiger partial charge < -0.3 is 5.73 Å². The molecule has 96 valence electrons. The van der Waals surface area contributed by atoms with Gasteiger partial charge in [0.25, 0.3) is 0 Å². The molecule has 0 atom stereocenters. The molecule has 5 heteroatoms. The van der Waals surface area contributed by atoms with Crippen LogP contribution in [0.1, 0.15) is 23.0 Å². The molecule has 0 fully saturated rings. The van der Waals surface area contributed by atoms with E-state index < -0.39 is 0 Å². The molecule has 0 saturated carbocycles. The first kappa shape index (κ1) is 13.2. The summed E-state index contributed by atoms with van der Waals surface area (Å²) in [6.07, 6.45) is 1.48. The van der Waals surface area contributed by atoms with E-state index in [4.69, 9.17) is 17.3 Å². The van der Waals surface area contributed by atoms with E-state index >= 15 is 0 Å². The Bertz CT molecular complexity index is 650. The third kappa shape index (κ3) is 2.63. The fourth-order valence-corrected chi connectivity index (χ4v) is 1.81. The van der Waals surface area contributed by atoms with Crippen molar-refractivity contribution in [1.29, 1.82) is 0 Å². The van der Waals surface area contributed by atoms with Crippen LogP contribution in [-0.4, -0.2) is 15.8 Å². The number of benzene rings is 1. The first-order valence-corrected chi connectivity index (χ1v) is 5.97. The number of nitrogen functional groups attached to an aromatic ring is 1. The molecule has 19 heavy (non-hydrogen) atoms. The lowest BCUT2D eigenvalue weighted by atomic mass is 10.1. The van der Waals surface area contributed by atoms with Crippen LogP contribution in [0, 0.1) is 0 Å². The van der Waals surface area contributed by atoms with Crippen molar-refractivity contribution >= 4 is 29.3 Å². The Morgan fingerprint density at radius 1 is 1.32 bits per heavy atom. The number of anilines is 1. The second-order valence-corrected chi connectivity index (χ2v) is 4.40. The smallest absolute Gasteiger partial charge is 0.178 e. The van der Waals surface area contributed by atoms with E-state index in [1.807, 2.05) is 0 Å². The largest absolute Gasteiger partial charge is 0.383 e. The Labute approximate surface area is 116 Å². The first-order valence-electron chi connectivity index (χ1n) is 5.59. The lowest BCUT2D eigenvalue weighted by molar-refractivity contribution is 0.101. The summed E-state index contributed by atoms with van der Waals surface area (Å²) in [5, 5.41) is 0.617. The summed E-state index contributed by atoms with van der Waals surface area (Å²) >= 11 is 5.83. The third-order valence-corrected chi connectivity index (χ3v) is 2.87. The minimum atomic E-state index is -0.181. The Morgan fingerprint density at radius 3 is 2.47 bits per heavy atom. The Balaban J connectivity index is 2.63. The van der Waals surface area contributed by atoms with Crippen LogP contribution in [0.25, 0.3) is 17.5 Å². The van der Waals surface area contributed by atoms with Crippen molar-refractivity contribution in [2.45, 2.75) is 6.92 Å². The molecular formula is C14H12ClN3O. The maximum Gasteiger partial charge on any atom is 0.178 e. The Hall–Kier alpha value is -2.20. The number of Topliss-reactive ketones (excluding diaryl/α,β-unsaturated/α-hetero) is 1. The summed E-state index contributed by atoms with van der Waals surface area (Å²) in [6.45, 7) is 5.05. The van der Waals surface area contributed by atoms with Gasteiger partial charge in [0.2, 0.25) is 0 Å². The zero-order valence-corrected chi connectivity index (χ0v) is 11.1. The van der Waals surface area contributed by atoms with Crippen LogP contribution >= 0.6 is 11.6 Å². The molecular weight excluding hydrogens is 262 g/mol. The highest BCUT2D eigenvalue weighted by Crippen LogP contribution is 2.23. The standard InChI is InChI=1S/C14H12ClN3O/c1-3-11-12(8(2)19)17-14(18-13(11)16)9-4-6-10(15)7-5-9/h3-7H,1H2,2H3,(H2,16,17,18). The number of nitrogens with zero attached hydrogens (tertiary/aromatic N) is 2. The number of hydrogen-bond acceptors (Lipinski definition) is 4. The summed E-state index contributed by atoms with van der Waals surface area (Å²) in [7, 11) is 0. The van der Waals surface area contributed by atoms with Crippen molar-refractivity contribution in [3.05, 3.63) is 47.1 Å². The molecule has 0 spiro atoms. The summed E-state index contributed by atoms with van der Waals surface area (Å²) in [5.74, 6) is 0.448. The lowest BCUT2D eigenvalue weighted by Crippen LogP contribution is -2.08. The average Bonchev–Trinajstić information content (AvgIpc) is 2.38. The number of halogens is 1. The van der Waals surface area contributed by atoms with Crippen molar-refractivity contribution in [2.75, 3.05) is 5.73 Å². The number of carbonyl (C=O) groups is 1. The molecule has 0 unspecified atom stereocenters. The molecule has 0 amide bonds. The molecule has 2 aromatic rings. The zero-order valence-electron chi connectivity index (χ0n) is 10.4. The highest BCUT2D eigenvalue weighted by Gasteiger charge is 2.14. The molecule has 0 saturated heterocycles. The topological polar surface area (TPSA) is 68.9 Å². The van der Waals surface area contributed by atoms with Crippen molar-refractivity contribution in [3.63, 3.8) is 0 Å². The van der Waals surface area contributed by atoms with Gasteiger partial charge in [-0.1, -0.05) is 24.3 Å². The fourth-order valence-electron chi connectivity index (χ4n) is 1.68. The van der Waals surface area contributed by atoms with Crippen LogP contribution in [0.2, 0.25) is 5.02 Å². The van der Waals surface area contributed by atoms with Gasteiger partial charge in [0, 0.05) is 23.1 Å². The van der Waals surface area contributed by atoms with Gasteiger partial charge in [0.05, 0.1) is 0 Å². The molecule has 1 heterocycles. The maximum atomic E-state index is 11.6. The second kappa shape index (κ2) is 5.20. The number of ketones is 1. The van der Waals surface area contributed by atoms with Gasteiger partial charge in [-0.2, -0.15) is 0 Å². The van der Waals surface area contributed by atoms with E-state index in [9.17, 15) is 4.79 Å². The second-order valence-electron chi connectivity index (χ2n) is 3.96. The predicted octanol–water partition coefficient (Wildman–Crippen LogP) is 3.22. The number of nitrogens with two attached hydrogens (primary N) is 1. The summed E-state index contributed by atoms with van der Waals surface area (Å²) in [4.78, 5) is 20.0. The van der Waals surface area contributed by atoms with E-state index in [0.29, 0.717) is 16.4 Å². The Kier molecular flexibility index (Phi) is 3.62. The van der Waals surface area contributed by atoms with E-state index in [2.05, 4.69) is 16.5 Å². The van der Waals surface area contributed by atoms with Gasteiger partial charge in [0.1, 0.15) is 11.5 Å². The normalized spacial score (nSPS) is 10.2. The molecule has 0 aliphatic rings. The molecule has 0 aliphatic heterocycles. The van der Waals surface area contributed by atoms with Crippen LogP contribution in [-0.2, 0) is 0 Å². The third-order valence-electron chi connectivity index (χ3n) is 2.62. The predicted molar refractivity (Wildman–Crippen MR) is 77.0 cm³/mol. The molecule has 0 bridgehead atoms. The summed E-state index contributed by atoms with van der Waals surface area (Å²) < 4.78 is 0. The van der Waals surface area contributed by atoms with Crippen LogP contribution in [0.4, 0.5) is 5.82 Å². The van der Waals surface area contributed by atoms with E-state index in [0.717, 1.165) is 5.56 Å².